The maximum absolute atomic E-state index is 13.9. The van der Waals surface area contributed by atoms with Crippen LogP contribution in [0.1, 0.15) is 13.3 Å². The van der Waals surface area contributed by atoms with Crippen LogP contribution in [-0.4, -0.2) is 30.6 Å². The number of benzene rings is 1. The van der Waals surface area contributed by atoms with Crippen LogP contribution in [0.25, 0.3) is 11.3 Å². The lowest BCUT2D eigenvalue weighted by Crippen LogP contribution is -2.08. The van der Waals surface area contributed by atoms with Crippen LogP contribution >= 0.6 is 0 Å². The highest BCUT2D eigenvalue weighted by Crippen LogP contribution is 2.23. The van der Waals surface area contributed by atoms with Gasteiger partial charge in [0, 0.05) is 31.9 Å². The molecule has 0 unspecified atom stereocenters. The number of nitrogens with one attached hydrogen (secondary N) is 1. The third-order valence-corrected chi connectivity index (χ3v) is 2.93. The van der Waals surface area contributed by atoms with Crippen molar-refractivity contribution in [3.63, 3.8) is 0 Å². The Bertz CT molecular complexity index is 567. The van der Waals surface area contributed by atoms with Gasteiger partial charge in [-0.1, -0.05) is 19.1 Å². The van der Waals surface area contributed by atoms with Gasteiger partial charge in [0.25, 0.3) is 0 Å². The Morgan fingerprint density at radius 1 is 1.20 bits per heavy atom. The average Bonchev–Trinajstić information content (AvgIpc) is 2.46. The summed E-state index contributed by atoms with van der Waals surface area (Å²) in [4.78, 5) is 10.2. The molecular weight excluding hydrogens is 255 g/mol. The summed E-state index contributed by atoms with van der Waals surface area (Å²) in [6.45, 7) is 2.82. The van der Waals surface area contributed by atoms with E-state index < -0.39 is 5.82 Å². The number of hydrogen-bond acceptors (Lipinski definition) is 4. The van der Waals surface area contributed by atoms with Crippen molar-refractivity contribution in [3.8, 4) is 11.3 Å². The minimum absolute atomic E-state index is 0.323. The summed E-state index contributed by atoms with van der Waals surface area (Å²) in [5, 5.41) is 3.06. The molecule has 1 aromatic carbocycles. The van der Waals surface area contributed by atoms with Crippen LogP contribution < -0.4 is 10.2 Å². The SMILES string of the molecule is CCCNc1ncc(F)c(-c2ccc(N(C)C)cc2)n1. The molecule has 5 heteroatoms. The van der Waals surface area contributed by atoms with E-state index in [4.69, 9.17) is 0 Å². The topological polar surface area (TPSA) is 41.1 Å². The first-order valence-corrected chi connectivity index (χ1v) is 6.66. The first-order valence-electron chi connectivity index (χ1n) is 6.66. The molecule has 4 nitrogen and oxygen atoms in total. The Labute approximate surface area is 118 Å². The van der Waals surface area contributed by atoms with Gasteiger partial charge in [-0.2, -0.15) is 0 Å². The molecule has 0 fully saturated rings. The molecule has 1 heterocycles. The van der Waals surface area contributed by atoms with Gasteiger partial charge in [0.2, 0.25) is 5.95 Å². The summed E-state index contributed by atoms with van der Waals surface area (Å²) in [5.41, 5.74) is 2.13. The Morgan fingerprint density at radius 3 is 2.50 bits per heavy atom. The van der Waals surface area contributed by atoms with Crippen LogP contribution in [0.2, 0.25) is 0 Å². The summed E-state index contributed by atoms with van der Waals surface area (Å²) in [7, 11) is 3.93. The lowest BCUT2D eigenvalue weighted by molar-refractivity contribution is 0.618. The Balaban J connectivity index is 2.30. The van der Waals surface area contributed by atoms with Crippen molar-refractivity contribution in [1.29, 1.82) is 0 Å². The Kier molecular flexibility index (Phi) is 4.50. The van der Waals surface area contributed by atoms with E-state index in [0.717, 1.165) is 24.2 Å². The standard InChI is InChI=1S/C15H19FN4/c1-4-9-17-15-18-10-13(16)14(19-15)11-5-7-12(8-6-11)20(2)3/h5-8,10H,4,9H2,1-3H3,(H,17,18,19). The van der Waals surface area contributed by atoms with Crippen molar-refractivity contribution >= 4 is 11.6 Å². The fourth-order valence-electron chi connectivity index (χ4n) is 1.81. The number of halogens is 1. The lowest BCUT2D eigenvalue weighted by Gasteiger charge is -2.13. The summed E-state index contributed by atoms with van der Waals surface area (Å²) in [5.74, 6) is 0.0459. The van der Waals surface area contributed by atoms with Gasteiger partial charge in [-0.05, 0) is 18.6 Å². The Hall–Kier alpha value is -2.17. The summed E-state index contributed by atoms with van der Waals surface area (Å²) >= 11 is 0. The summed E-state index contributed by atoms with van der Waals surface area (Å²) in [6, 6.07) is 7.61. The molecule has 20 heavy (non-hydrogen) atoms. The van der Waals surface area contributed by atoms with E-state index >= 15 is 0 Å². The van der Waals surface area contributed by atoms with Crippen molar-refractivity contribution in [2.45, 2.75) is 13.3 Å². The van der Waals surface area contributed by atoms with E-state index in [9.17, 15) is 4.39 Å². The second-order valence-electron chi connectivity index (χ2n) is 4.76. The zero-order valence-electron chi connectivity index (χ0n) is 12.0. The van der Waals surface area contributed by atoms with Crippen molar-refractivity contribution in [1.82, 2.24) is 9.97 Å². The van der Waals surface area contributed by atoms with E-state index in [1.54, 1.807) is 0 Å². The number of aromatic nitrogens is 2. The molecule has 0 aliphatic carbocycles. The molecule has 2 aromatic rings. The molecule has 0 aliphatic rings. The van der Waals surface area contributed by atoms with Gasteiger partial charge in [-0.25, -0.2) is 14.4 Å². The second kappa shape index (κ2) is 6.32. The highest BCUT2D eigenvalue weighted by Gasteiger charge is 2.09. The summed E-state index contributed by atoms with van der Waals surface area (Å²) in [6.07, 6.45) is 2.17. The first-order chi connectivity index (χ1) is 9.61. The first kappa shape index (κ1) is 14.2. The number of rotatable bonds is 5. The second-order valence-corrected chi connectivity index (χ2v) is 4.76. The van der Waals surface area contributed by atoms with Gasteiger partial charge in [0.15, 0.2) is 5.82 Å². The van der Waals surface area contributed by atoms with E-state index in [2.05, 4.69) is 22.2 Å². The monoisotopic (exact) mass is 274 g/mol. The van der Waals surface area contributed by atoms with E-state index in [-0.39, 0.29) is 0 Å². The predicted molar refractivity (Wildman–Crippen MR) is 80.5 cm³/mol. The van der Waals surface area contributed by atoms with Gasteiger partial charge >= 0.3 is 0 Å². The smallest absolute Gasteiger partial charge is 0.223 e. The quantitative estimate of drug-likeness (QED) is 0.909. The van der Waals surface area contributed by atoms with Crippen LogP contribution in [0.4, 0.5) is 16.0 Å². The molecule has 0 saturated heterocycles. The molecule has 0 radical (unpaired) electrons. The highest BCUT2D eigenvalue weighted by atomic mass is 19.1. The molecule has 0 amide bonds. The van der Waals surface area contributed by atoms with Gasteiger partial charge < -0.3 is 10.2 Å². The minimum Gasteiger partial charge on any atom is -0.378 e. The van der Waals surface area contributed by atoms with Gasteiger partial charge in [0.05, 0.1) is 6.20 Å². The molecule has 1 N–H and O–H groups in total. The van der Waals surface area contributed by atoms with Crippen LogP contribution in [0.15, 0.2) is 30.5 Å². The number of hydrogen-bond donors (Lipinski definition) is 1. The third-order valence-electron chi connectivity index (χ3n) is 2.93. The lowest BCUT2D eigenvalue weighted by atomic mass is 10.1. The minimum atomic E-state index is -0.412. The maximum Gasteiger partial charge on any atom is 0.223 e. The highest BCUT2D eigenvalue weighted by molar-refractivity contribution is 5.64. The molecule has 0 spiro atoms. The van der Waals surface area contributed by atoms with Crippen molar-refractivity contribution in [2.24, 2.45) is 0 Å². The molecule has 1 aromatic heterocycles. The van der Waals surface area contributed by atoms with Crippen LogP contribution in [-0.2, 0) is 0 Å². The van der Waals surface area contributed by atoms with Crippen LogP contribution in [0, 0.1) is 5.82 Å². The van der Waals surface area contributed by atoms with Crippen molar-refractivity contribution < 1.29 is 4.39 Å². The van der Waals surface area contributed by atoms with Gasteiger partial charge in [-0.15, -0.1) is 0 Å². The van der Waals surface area contributed by atoms with Crippen LogP contribution in [0.3, 0.4) is 0 Å². The largest absolute Gasteiger partial charge is 0.378 e. The molecular formula is C15H19FN4. The van der Waals surface area contributed by atoms with Gasteiger partial charge in [-0.3, -0.25) is 0 Å². The fourth-order valence-corrected chi connectivity index (χ4v) is 1.81. The predicted octanol–water partition coefficient (Wildman–Crippen LogP) is 3.17. The third kappa shape index (κ3) is 3.23. The van der Waals surface area contributed by atoms with Crippen molar-refractivity contribution in [3.05, 3.63) is 36.3 Å². The zero-order chi connectivity index (χ0) is 14.5. The fraction of sp³-hybridized carbons (Fsp3) is 0.333. The van der Waals surface area contributed by atoms with Gasteiger partial charge in [0.1, 0.15) is 5.69 Å². The normalized spacial score (nSPS) is 10.4. The average molecular weight is 274 g/mol. The molecule has 0 saturated carbocycles. The molecule has 0 aliphatic heterocycles. The maximum atomic E-state index is 13.9. The molecule has 0 bridgehead atoms. The van der Waals surface area contributed by atoms with E-state index in [0.29, 0.717) is 11.6 Å². The Morgan fingerprint density at radius 2 is 1.90 bits per heavy atom. The number of anilines is 2. The molecule has 106 valence electrons. The van der Waals surface area contributed by atoms with E-state index in [1.165, 1.54) is 6.20 Å². The summed E-state index contributed by atoms with van der Waals surface area (Å²) < 4.78 is 13.9. The zero-order valence-corrected chi connectivity index (χ0v) is 12.0. The molecule has 0 atom stereocenters. The van der Waals surface area contributed by atoms with Crippen molar-refractivity contribution in [2.75, 3.05) is 30.9 Å². The molecule has 2 rings (SSSR count). The van der Waals surface area contributed by atoms with Crippen LogP contribution in [0.5, 0.6) is 0 Å². The number of nitrogens with zero attached hydrogens (tertiary/aromatic N) is 3. The van der Waals surface area contributed by atoms with E-state index in [1.807, 2.05) is 43.3 Å².